The number of amides is 1. The Labute approximate surface area is 107 Å². The molecule has 1 saturated heterocycles. The van der Waals surface area contributed by atoms with Gasteiger partial charge in [0.05, 0.1) is 5.41 Å². The maximum absolute atomic E-state index is 11.8. The summed E-state index contributed by atoms with van der Waals surface area (Å²) in [5, 5.41) is 12.0. The number of carboxylic acid groups (broad SMARTS) is 1. The average molecular weight is 259 g/mol. The highest BCUT2D eigenvalue weighted by Gasteiger charge is 2.41. The number of methoxy groups -OCH3 is 1. The predicted molar refractivity (Wildman–Crippen MR) is 64.2 cm³/mol. The van der Waals surface area contributed by atoms with Gasteiger partial charge in [-0.25, -0.2) is 0 Å². The molecule has 1 aliphatic rings. The molecular weight excluding hydrogens is 238 g/mol. The third kappa shape index (κ3) is 3.20. The fourth-order valence-electron chi connectivity index (χ4n) is 1.78. The number of rotatable bonds is 5. The van der Waals surface area contributed by atoms with E-state index in [4.69, 9.17) is 9.47 Å². The fraction of sp³-hybridized carbons (Fsp3) is 0.833. The molecule has 2 N–H and O–H groups in total. The summed E-state index contributed by atoms with van der Waals surface area (Å²) in [6.07, 6.45) is 0.825. The van der Waals surface area contributed by atoms with Crippen molar-refractivity contribution in [2.75, 3.05) is 26.9 Å². The standard InChI is InChI=1S/C12H21NO5/c1-11(2,17-3)9(14)13-8-12(10(15)16)4-6-18-7-5-12/h4-8H2,1-3H3,(H,13,14)(H,15,16). The van der Waals surface area contributed by atoms with Crippen LogP contribution in [0.2, 0.25) is 0 Å². The van der Waals surface area contributed by atoms with Crippen LogP contribution in [0.1, 0.15) is 26.7 Å². The molecule has 1 aliphatic heterocycles. The molecule has 104 valence electrons. The number of carbonyl (C=O) groups is 2. The van der Waals surface area contributed by atoms with Crippen LogP contribution in [-0.4, -0.2) is 49.5 Å². The summed E-state index contributed by atoms with van der Waals surface area (Å²) in [5.74, 6) is -1.20. The molecule has 0 aromatic carbocycles. The minimum absolute atomic E-state index is 0.108. The summed E-state index contributed by atoms with van der Waals surface area (Å²) in [6.45, 7) is 4.21. The molecule has 6 heteroatoms. The summed E-state index contributed by atoms with van der Waals surface area (Å²) in [6, 6.07) is 0. The van der Waals surface area contributed by atoms with Crippen molar-refractivity contribution in [3.63, 3.8) is 0 Å². The van der Waals surface area contributed by atoms with E-state index in [0.29, 0.717) is 26.1 Å². The first-order chi connectivity index (χ1) is 8.34. The lowest BCUT2D eigenvalue weighted by atomic mass is 9.80. The lowest BCUT2D eigenvalue weighted by Crippen LogP contribution is -2.51. The third-order valence-corrected chi connectivity index (χ3v) is 3.55. The van der Waals surface area contributed by atoms with Crippen LogP contribution in [-0.2, 0) is 19.1 Å². The van der Waals surface area contributed by atoms with Gasteiger partial charge in [-0.05, 0) is 26.7 Å². The van der Waals surface area contributed by atoms with Gasteiger partial charge in [-0.2, -0.15) is 0 Å². The summed E-state index contributed by atoms with van der Waals surface area (Å²) in [4.78, 5) is 23.2. The highest BCUT2D eigenvalue weighted by atomic mass is 16.5. The fourth-order valence-corrected chi connectivity index (χ4v) is 1.78. The topological polar surface area (TPSA) is 84.9 Å². The molecule has 1 amide bonds. The van der Waals surface area contributed by atoms with Crippen LogP contribution in [0, 0.1) is 5.41 Å². The quantitative estimate of drug-likeness (QED) is 0.747. The van der Waals surface area contributed by atoms with Crippen LogP contribution in [0.15, 0.2) is 0 Å². The van der Waals surface area contributed by atoms with Gasteiger partial charge in [0.25, 0.3) is 5.91 Å². The van der Waals surface area contributed by atoms with Crippen LogP contribution in [0.25, 0.3) is 0 Å². The second-order valence-corrected chi connectivity index (χ2v) is 5.09. The molecule has 0 aromatic rings. The van der Waals surface area contributed by atoms with Crippen molar-refractivity contribution in [2.45, 2.75) is 32.3 Å². The van der Waals surface area contributed by atoms with E-state index in [1.807, 2.05) is 0 Å². The zero-order chi connectivity index (χ0) is 13.8. The first kappa shape index (κ1) is 14.9. The average Bonchev–Trinajstić information content (AvgIpc) is 2.36. The normalized spacial score (nSPS) is 19.3. The number of carboxylic acids is 1. The van der Waals surface area contributed by atoms with Crippen molar-refractivity contribution in [1.29, 1.82) is 0 Å². The van der Waals surface area contributed by atoms with Crippen molar-refractivity contribution in [3.05, 3.63) is 0 Å². The van der Waals surface area contributed by atoms with Crippen LogP contribution in [0.5, 0.6) is 0 Å². The van der Waals surface area contributed by atoms with Gasteiger partial charge in [0.2, 0.25) is 0 Å². The lowest BCUT2D eigenvalue weighted by Gasteiger charge is -2.34. The Hall–Kier alpha value is -1.14. The van der Waals surface area contributed by atoms with E-state index in [2.05, 4.69) is 5.32 Å². The van der Waals surface area contributed by atoms with Gasteiger partial charge in [0.15, 0.2) is 0 Å². The van der Waals surface area contributed by atoms with Crippen LogP contribution >= 0.6 is 0 Å². The van der Waals surface area contributed by atoms with Gasteiger partial charge >= 0.3 is 5.97 Å². The summed E-state index contributed by atoms with van der Waals surface area (Å²) < 4.78 is 10.2. The van der Waals surface area contributed by atoms with Crippen molar-refractivity contribution in [3.8, 4) is 0 Å². The summed E-state index contributed by atoms with van der Waals surface area (Å²) >= 11 is 0. The first-order valence-corrected chi connectivity index (χ1v) is 5.99. The molecule has 0 radical (unpaired) electrons. The van der Waals surface area contributed by atoms with Crippen molar-refractivity contribution >= 4 is 11.9 Å². The van der Waals surface area contributed by atoms with E-state index in [1.165, 1.54) is 7.11 Å². The maximum Gasteiger partial charge on any atom is 0.311 e. The van der Waals surface area contributed by atoms with Gasteiger partial charge in [0, 0.05) is 26.9 Å². The van der Waals surface area contributed by atoms with Crippen molar-refractivity contribution < 1.29 is 24.2 Å². The molecule has 0 bridgehead atoms. The highest BCUT2D eigenvalue weighted by molar-refractivity contribution is 5.85. The van der Waals surface area contributed by atoms with E-state index in [9.17, 15) is 14.7 Å². The van der Waals surface area contributed by atoms with Crippen molar-refractivity contribution in [2.24, 2.45) is 5.41 Å². The first-order valence-electron chi connectivity index (χ1n) is 5.99. The highest BCUT2D eigenvalue weighted by Crippen LogP contribution is 2.30. The van der Waals surface area contributed by atoms with Crippen LogP contribution in [0.4, 0.5) is 0 Å². The number of hydrogen-bond acceptors (Lipinski definition) is 4. The monoisotopic (exact) mass is 259 g/mol. The second-order valence-electron chi connectivity index (χ2n) is 5.09. The van der Waals surface area contributed by atoms with E-state index in [-0.39, 0.29) is 12.5 Å². The Morgan fingerprint density at radius 1 is 1.39 bits per heavy atom. The lowest BCUT2D eigenvalue weighted by molar-refractivity contribution is -0.155. The minimum atomic E-state index is -0.954. The molecule has 0 aliphatic carbocycles. The van der Waals surface area contributed by atoms with E-state index in [1.54, 1.807) is 13.8 Å². The van der Waals surface area contributed by atoms with E-state index in [0.717, 1.165) is 0 Å². The number of hydrogen-bond donors (Lipinski definition) is 2. The zero-order valence-electron chi connectivity index (χ0n) is 11.1. The van der Waals surface area contributed by atoms with Crippen LogP contribution in [0.3, 0.4) is 0 Å². The number of ether oxygens (including phenoxy) is 2. The predicted octanol–water partition coefficient (Wildman–Crippen LogP) is 0.409. The SMILES string of the molecule is COC(C)(C)C(=O)NCC1(C(=O)O)CCOCC1. The summed E-state index contributed by atoms with van der Waals surface area (Å²) in [7, 11) is 1.45. The van der Waals surface area contributed by atoms with Crippen molar-refractivity contribution in [1.82, 2.24) is 5.32 Å². The number of aliphatic carboxylic acids is 1. The molecule has 1 rings (SSSR count). The maximum atomic E-state index is 11.8. The van der Waals surface area contributed by atoms with Gasteiger partial charge in [-0.1, -0.05) is 0 Å². The van der Waals surface area contributed by atoms with Gasteiger partial charge in [-0.3, -0.25) is 9.59 Å². The van der Waals surface area contributed by atoms with Crippen LogP contribution < -0.4 is 5.32 Å². The van der Waals surface area contributed by atoms with E-state index >= 15 is 0 Å². The molecule has 0 saturated carbocycles. The molecular formula is C12H21NO5. The van der Waals surface area contributed by atoms with Gasteiger partial charge < -0.3 is 19.9 Å². The molecule has 6 nitrogen and oxygen atoms in total. The second kappa shape index (κ2) is 5.67. The molecule has 1 fully saturated rings. The molecule has 0 aromatic heterocycles. The smallest absolute Gasteiger partial charge is 0.311 e. The Balaban J connectivity index is 2.64. The van der Waals surface area contributed by atoms with Gasteiger partial charge in [-0.15, -0.1) is 0 Å². The number of carbonyl (C=O) groups excluding carboxylic acids is 1. The number of nitrogens with one attached hydrogen (secondary N) is 1. The summed E-state index contributed by atoms with van der Waals surface area (Å²) in [5.41, 5.74) is -1.87. The largest absolute Gasteiger partial charge is 0.481 e. The Bertz CT molecular complexity index is 320. The third-order valence-electron chi connectivity index (χ3n) is 3.55. The minimum Gasteiger partial charge on any atom is -0.481 e. The molecule has 0 spiro atoms. The van der Waals surface area contributed by atoms with E-state index < -0.39 is 17.0 Å². The molecule has 0 unspecified atom stereocenters. The Kier molecular flexibility index (Phi) is 4.70. The zero-order valence-corrected chi connectivity index (χ0v) is 11.1. The molecule has 0 atom stereocenters. The Morgan fingerprint density at radius 2 is 1.94 bits per heavy atom. The molecule has 1 heterocycles. The molecule has 18 heavy (non-hydrogen) atoms. The van der Waals surface area contributed by atoms with Gasteiger partial charge in [0.1, 0.15) is 5.60 Å². The Morgan fingerprint density at radius 3 is 2.39 bits per heavy atom.